The van der Waals surface area contributed by atoms with Gasteiger partial charge in [0.05, 0.1) is 17.2 Å². The largest absolute Gasteiger partial charge is 0.496 e. The second kappa shape index (κ2) is 5.87. The average Bonchev–Trinajstić information content (AvgIpc) is 2.14. The van der Waals surface area contributed by atoms with Crippen LogP contribution in [0.25, 0.3) is 0 Å². The summed E-state index contributed by atoms with van der Waals surface area (Å²) in [7, 11) is 1.65. The molecule has 0 bridgehead atoms. The van der Waals surface area contributed by atoms with Gasteiger partial charge in [0, 0.05) is 6.42 Å². The second-order valence-electron chi connectivity index (χ2n) is 5.24. The number of halogens is 1. The van der Waals surface area contributed by atoms with Crippen molar-refractivity contribution < 1.29 is 9.84 Å². The van der Waals surface area contributed by atoms with Gasteiger partial charge in [-0.3, -0.25) is 0 Å². The van der Waals surface area contributed by atoms with Crippen LogP contribution in [0, 0.1) is 5.92 Å². The van der Waals surface area contributed by atoms with Gasteiger partial charge in [0.2, 0.25) is 0 Å². The number of ether oxygens (including phenoxy) is 1. The molecule has 96 valence electrons. The summed E-state index contributed by atoms with van der Waals surface area (Å²) in [5.41, 5.74) is 0.464. The molecule has 0 aromatic heterocycles. The molecular weight excluding hydrogens is 280 g/mol. The minimum atomic E-state index is -0.651. The molecule has 0 heterocycles. The summed E-state index contributed by atoms with van der Waals surface area (Å²) in [6.07, 6.45) is 1.46. The maximum Gasteiger partial charge on any atom is 0.133 e. The molecule has 0 aliphatic rings. The second-order valence-corrected chi connectivity index (χ2v) is 6.09. The Kier molecular flexibility index (Phi) is 5.02. The Bertz CT molecular complexity index is 372. The van der Waals surface area contributed by atoms with Gasteiger partial charge in [0.25, 0.3) is 0 Å². The molecule has 0 fully saturated rings. The van der Waals surface area contributed by atoms with Crippen molar-refractivity contribution in [3.63, 3.8) is 0 Å². The standard InChI is InChI=1S/C14H21BrO2/c1-10(2)8-14(3,16)9-11-5-6-13(17-4)12(15)7-11/h5-7,10,16H,8-9H2,1-4H3. The van der Waals surface area contributed by atoms with Crippen LogP contribution in [0.5, 0.6) is 5.75 Å². The first-order valence-electron chi connectivity index (χ1n) is 5.89. The summed E-state index contributed by atoms with van der Waals surface area (Å²) in [6.45, 7) is 6.14. The van der Waals surface area contributed by atoms with Crippen molar-refractivity contribution in [3.05, 3.63) is 28.2 Å². The van der Waals surface area contributed by atoms with Gasteiger partial charge in [-0.1, -0.05) is 19.9 Å². The summed E-state index contributed by atoms with van der Waals surface area (Å²) in [4.78, 5) is 0. The zero-order valence-corrected chi connectivity index (χ0v) is 12.5. The smallest absolute Gasteiger partial charge is 0.133 e. The average molecular weight is 301 g/mol. The van der Waals surface area contributed by atoms with Crippen molar-refractivity contribution in [2.45, 2.75) is 39.2 Å². The van der Waals surface area contributed by atoms with Gasteiger partial charge in [-0.25, -0.2) is 0 Å². The number of rotatable bonds is 5. The number of aliphatic hydroxyl groups is 1. The Hall–Kier alpha value is -0.540. The van der Waals surface area contributed by atoms with E-state index in [-0.39, 0.29) is 0 Å². The van der Waals surface area contributed by atoms with Gasteiger partial charge >= 0.3 is 0 Å². The monoisotopic (exact) mass is 300 g/mol. The molecule has 1 aromatic rings. The van der Waals surface area contributed by atoms with Crippen LogP contribution in [0.3, 0.4) is 0 Å². The van der Waals surface area contributed by atoms with E-state index < -0.39 is 5.60 Å². The van der Waals surface area contributed by atoms with Crippen LogP contribution in [-0.4, -0.2) is 17.8 Å². The lowest BCUT2D eigenvalue weighted by atomic mass is 9.88. The summed E-state index contributed by atoms with van der Waals surface area (Å²) < 4.78 is 6.11. The molecule has 0 amide bonds. The molecule has 1 atom stereocenters. The summed E-state index contributed by atoms with van der Waals surface area (Å²) in [5.74, 6) is 1.31. The molecule has 3 heteroatoms. The molecule has 17 heavy (non-hydrogen) atoms. The molecule has 0 spiro atoms. The number of hydrogen-bond donors (Lipinski definition) is 1. The van der Waals surface area contributed by atoms with E-state index >= 15 is 0 Å². The molecule has 0 radical (unpaired) electrons. The van der Waals surface area contributed by atoms with E-state index in [1.807, 2.05) is 25.1 Å². The molecule has 1 aromatic carbocycles. The maximum absolute atomic E-state index is 10.3. The Labute approximate surface area is 112 Å². The van der Waals surface area contributed by atoms with Crippen molar-refractivity contribution in [1.29, 1.82) is 0 Å². The highest BCUT2D eigenvalue weighted by atomic mass is 79.9. The van der Waals surface area contributed by atoms with E-state index in [0.29, 0.717) is 12.3 Å². The molecule has 1 rings (SSSR count). The first kappa shape index (κ1) is 14.5. The van der Waals surface area contributed by atoms with Crippen LogP contribution in [0.15, 0.2) is 22.7 Å². The van der Waals surface area contributed by atoms with E-state index in [1.165, 1.54) is 0 Å². The van der Waals surface area contributed by atoms with Gasteiger partial charge in [0.1, 0.15) is 5.75 Å². The molecule has 2 nitrogen and oxygen atoms in total. The fourth-order valence-corrected chi connectivity index (χ4v) is 2.80. The van der Waals surface area contributed by atoms with Gasteiger partial charge in [-0.15, -0.1) is 0 Å². The Morgan fingerprint density at radius 3 is 2.53 bits per heavy atom. The van der Waals surface area contributed by atoms with E-state index in [0.717, 1.165) is 22.2 Å². The normalized spacial score (nSPS) is 14.8. The molecule has 0 aliphatic heterocycles. The zero-order valence-electron chi connectivity index (χ0n) is 11.0. The van der Waals surface area contributed by atoms with E-state index in [9.17, 15) is 5.11 Å². The maximum atomic E-state index is 10.3. The Morgan fingerprint density at radius 1 is 1.41 bits per heavy atom. The number of methoxy groups -OCH3 is 1. The highest BCUT2D eigenvalue weighted by Crippen LogP contribution is 2.28. The highest BCUT2D eigenvalue weighted by Gasteiger charge is 2.22. The number of hydrogen-bond acceptors (Lipinski definition) is 2. The lowest BCUT2D eigenvalue weighted by molar-refractivity contribution is 0.0388. The number of benzene rings is 1. The third kappa shape index (κ3) is 4.68. The minimum Gasteiger partial charge on any atom is -0.496 e. The fourth-order valence-electron chi connectivity index (χ4n) is 2.21. The van der Waals surface area contributed by atoms with Crippen LogP contribution >= 0.6 is 15.9 Å². The summed E-state index contributed by atoms with van der Waals surface area (Å²) in [6, 6.07) is 5.93. The summed E-state index contributed by atoms with van der Waals surface area (Å²) in [5, 5.41) is 10.3. The lowest BCUT2D eigenvalue weighted by Gasteiger charge is -2.25. The first-order valence-corrected chi connectivity index (χ1v) is 6.68. The molecule has 0 saturated heterocycles. The molecule has 0 aliphatic carbocycles. The Balaban J connectivity index is 2.78. The van der Waals surface area contributed by atoms with Crippen LogP contribution < -0.4 is 4.74 Å². The highest BCUT2D eigenvalue weighted by molar-refractivity contribution is 9.10. The first-order chi connectivity index (χ1) is 7.84. The van der Waals surface area contributed by atoms with Crippen molar-refractivity contribution >= 4 is 15.9 Å². The van der Waals surface area contributed by atoms with Gasteiger partial charge in [0.15, 0.2) is 0 Å². The summed E-state index contributed by atoms with van der Waals surface area (Å²) >= 11 is 3.46. The molecule has 1 unspecified atom stereocenters. The van der Waals surface area contributed by atoms with Crippen LogP contribution in [0.4, 0.5) is 0 Å². The molecule has 0 saturated carbocycles. The van der Waals surface area contributed by atoms with Crippen LogP contribution in [-0.2, 0) is 6.42 Å². The van der Waals surface area contributed by atoms with Crippen molar-refractivity contribution in [2.24, 2.45) is 5.92 Å². The quantitative estimate of drug-likeness (QED) is 0.896. The van der Waals surface area contributed by atoms with Crippen LogP contribution in [0.2, 0.25) is 0 Å². The van der Waals surface area contributed by atoms with Crippen molar-refractivity contribution in [2.75, 3.05) is 7.11 Å². The Morgan fingerprint density at radius 2 is 2.06 bits per heavy atom. The zero-order chi connectivity index (χ0) is 13.1. The SMILES string of the molecule is COc1ccc(CC(C)(O)CC(C)C)cc1Br. The van der Waals surface area contributed by atoms with Crippen molar-refractivity contribution in [3.8, 4) is 5.75 Å². The van der Waals surface area contributed by atoms with E-state index in [4.69, 9.17) is 4.74 Å². The third-order valence-electron chi connectivity index (χ3n) is 2.65. The van der Waals surface area contributed by atoms with E-state index in [2.05, 4.69) is 29.8 Å². The van der Waals surface area contributed by atoms with Crippen LogP contribution in [0.1, 0.15) is 32.8 Å². The van der Waals surface area contributed by atoms with Gasteiger partial charge < -0.3 is 9.84 Å². The van der Waals surface area contributed by atoms with Gasteiger partial charge in [-0.05, 0) is 52.9 Å². The fraction of sp³-hybridized carbons (Fsp3) is 0.571. The van der Waals surface area contributed by atoms with Crippen molar-refractivity contribution in [1.82, 2.24) is 0 Å². The minimum absolute atomic E-state index is 0.492. The lowest BCUT2D eigenvalue weighted by Crippen LogP contribution is -2.29. The predicted molar refractivity (Wildman–Crippen MR) is 74.5 cm³/mol. The molecule has 1 N–H and O–H groups in total. The third-order valence-corrected chi connectivity index (χ3v) is 3.27. The predicted octanol–water partition coefficient (Wildman–Crippen LogP) is 3.80. The van der Waals surface area contributed by atoms with Gasteiger partial charge in [-0.2, -0.15) is 0 Å². The molecular formula is C14H21BrO2. The topological polar surface area (TPSA) is 29.5 Å². The van der Waals surface area contributed by atoms with E-state index in [1.54, 1.807) is 7.11 Å².